The molecule has 0 radical (unpaired) electrons. The van der Waals surface area contributed by atoms with Crippen LogP contribution in [0.4, 0.5) is 5.69 Å². The maximum atomic E-state index is 13.5. The first-order valence-electron chi connectivity index (χ1n) is 17.3. The highest BCUT2D eigenvalue weighted by molar-refractivity contribution is 6.40. The summed E-state index contributed by atoms with van der Waals surface area (Å²) in [6.07, 6.45) is 5.20. The van der Waals surface area contributed by atoms with Gasteiger partial charge in [0, 0.05) is 48.6 Å². The van der Waals surface area contributed by atoms with Crippen molar-refractivity contribution < 1.29 is 29.4 Å². The first-order valence-corrected chi connectivity index (χ1v) is 17.3. The molecule has 3 N–H and O–H groups in total. The number of pyridine rings is 1. The highest BCUT2D eigenvalue weighted by atomic mass is 16.4. The van der Waals surface area contributed by atoms with E-state index in [2.05, 4.69) is 42.4 Å². The molecule has 11 nitrogen and oxygen atoms in total. The van der Waals surface area contributed by atoms with Gasteiger partial charge in [0.25, 0.3) is 11.8 Å². The van der Waals surface area contributed by atoms with Crippen LogP contribution in [0.2, 0.25) is 0 Å². The van der Waals surface area contributed by atoms with Crippen LogP contribution in [0, 0.1) is 16.7 Å². The number of aryl methyl sites for hydroxylation is 1. The van der Waals surface area contributed by atoms with E-state index in [4.69, 9.17) is 15.1 Å². The third-order valence-electron chi connectivity index (χ3n) is 9.52. The molecule has 49 heavy (non-hydrogen) atoms. The first kappa shape index (κ1) is 37.7. The molecule has 1 fully saturated rings. The molecule has 2 atom stereocenters. The Balaban J connectivity index is 0.000000698. The van der Waals surface area contributed by atoms with Gasteiger partial charge >= 0.3 is 5.97 Å². The normalized spacial score (nSPS) is 18.1. The molecule has 2 aliphatic heterocycles. The number of carboxylic acid groups (broad SMARTS) is 2. The Labute approximate surface area is 290 Å². The molecule has 1 saturated heterocycles. The minimum Gasteiger partial charge on any atom is -0.550 e. The van der Waals surface area contributed by atoms with Crippen molar-refractivity contribution in [3.05, 3.63) is 58.4 Å². The predicted octanol–water partition coefficient (Wildman–Crippen LogP) is 4.19. The Morgan fingerprint density at radius 1 is 1.02 bits per heavy atom. The van der Waals surface area contributed by atoms with E-state index in [9.17, 15) is 24.3 Å². The zero-order valence-corrected chi connectivity index (χ0v) is 30.0. The molecule has 11 heteroatoms. The van der Waals surface area contributed by atoms with Crippen LogP contribution in [-0.2, 0) is 33.6 Å². The molecule has 3 heterocycles. The lowest BCUT2D eigenvalue weighted by Crippen LogP contribution is -2.57. The number of aromatic nitrogens is 1. The number of carboxylic acids is 2. The number of benzene rings is 1. The number of unbranched alkanes of at least 4 members (excludes halogenated alkanes) is 1. The number of amides is 2. The second-order valence-electron chi connectivity index (χ2n) is 15.8. The number of fused-ring (bicyclic) bond motifs is 2. The van der Waals surface area contributed by atoms with Crippen LogP contribution in [0.25, 0.3) is 0 Å². The van der Waals surface area contributed by atoms with Crippen molar-refractivity contribution in [3.63, 3.8) is 0 Å². The van der Waals surface area contributed by atoms with Gasteiger partial charge in [-0.1, -0.05) is 60.1 Å². The lowest BCUT2D eigenvalue weighted by atomic mass is 9.71. The van der Waals surface area contributed by atoms with Crippen LogP contribution in [0.1, 0.15) is 113 Å². The predicted molar refractivity (Wildman–Crippen MR) is 187 cm³/mol. The molecule has 1 aromatic carbocycles. The van der Waals surface area contributed by atoms with Crippen molar-refractivity contribution in [1.29, 1.82) is 0 Å². The van der Waals surface area contributed by atoms with Crippen LogP contribution in [0.3, 0.4) is 0 Å². The number of nitrogens with zero attached hydrogens (tertiary/aromatic N) is 3. The van der Waals surface area contributed by atoms with Gasteiger partial charge in [-0.05, 0) is 79.8 Å². The number of carbonyl (C=O) groups is 4. The number of nitrogens with one attached hydrogen (secondary N) is 2. The summed E-state index contributed by atoms with van der Waals surface area (Å²) in [6, 6.07) is 9.22. The quantitative estimate of drug-likeness (QED) is 0.316. The number of rotatable bonds is 10. The fourth-order valence-electron chi connectivity index (χ4n) is 6.28. The highest BCUT2D eigenvalue weighted by Crippen LogP contribution is 2.39. The van der Waals surface area contributed by atoms with Crippen molar-refractivity contribution >= 4 is 35.2 Å². The third-order valence-corrected chi connectivity index (χ3v) is 9.52. The minimum absolute atomic E-state index is 0.0768. The summed E-state index contributed by atoms with van der Waals surface area (Å²) in [5, 5.41) is 25.2. The second kappa shape index (κ2) is 15.6. The van der Waals surface area contributed by atoms with Crippen molar-refractivity contribution in [1.82, 2.24) is 20.5 Å². The van der Waals surface area contributed by atoms with Crippen LogP contribution in [-0.4, -0.2) is 70.6 Å². The summed E-state index contributed by atoms with van der Waals surface area (Å²) in [5.74, 6) is -1.64. The molecule has 266 valence electrons. The van der Waals surface area contributed by atoms with Crippen LogP contribution < -0.4 is 15.7 Å². The zero-order chi connectivity index (χ0) is 36.1. The number of hydrogen-bond donors (Lipinski definition) is 3. The molecule has 0 spiro atoms. The van der Waals surface area contributed by atoms with Crippen LogP contribution >= 0.6 is 0 Å². The molecule has 1 aromatic heterocycles. The van der Waals surface area contributed by atoms with Crippen molar-refractivity contribution in [2.45, 2.75) is 105 Å². The second-order valence-corrected chi connectivity index (χ2v) is 15.8. The maximum Gasteiger partial charge on any atom is 0.303 e. The topological polar surface area (TPSA) is 164 Å². The number of likely N-dealkylation sites (N-methyl/N-ethyl adjacent to an activating group) is 1. The van der Waals surface area contributed by atoms with Gasteiger partial charge in [-0.3, -0.25) is 19.4 Å². The average molecular weight is 675 g/mol. The molecule has 3 aliphatic rings. The summed E-state index contributed by atoms with van der Waals surface area (Å²) in [4.78, 5) is 59.2. The summed E-state index contributed by atoms with van der Waals surface area (Å²) >= 11 is 0. The SMILES string of the molecule is CC(C)(C)C(=O)[O-].CN1CC(NC(=O)c2cccc([C@@H](CCCCC(=O)O)NC(=O)C3=Nc4cc5c(nc4C3)CC[C@H](C(C)(C)C)C5)c2)C1. The lowest BCUT2D eigenvalue weighted by molar-refractivity contribution is -0.316. The Morgan fingerprint density at radius 3 is 2.33 bits per heavy atom. The van der Waals surface area contributed by atoms with E-state index < -0.39 is 17.4 Å². The minimum atomic E-state index is -1.01. The Bertz CT molecular complexity index is 1580. The highest BCUT2D eigenvalue weighted by Gasteiger charge is 2.32. The monoisotopic (exact) mass is 674 g/mol. The van der Waals surface area contributed by atoms with Crippen molar-refractivity contribution in [2.24, 2.45) is 21.7 Å². The summed E-state index contributed by atoms with van der Waals surface area (Å²) in [5.41, 5.74) is 5.34. The van der Waals surface area contributed by atoms with E-state index in [1.165, 1.54) is 5.56 Å². The number of aliphatic imine (C=N–C) groups is 1. The van der Waals surface area contributed by atoms with Gasteiger partial charge in [0.2, 0.25) is 0 Å². The molecule has 2 aromatic rings. The largest absolute Gasteiger partial charge is 0.550 e. The summed E-state index contributed by atoms with van der Waals surface area (Å²) in [6.45, 7) is 13.3. The molecule has 0 bridgehead atoms. The van der Waals surface area contributed by atoms with E-state index in [-0.39, 0.29) is 35.7 Å². The van der Waals surface area contributed by atoms with Crippen molar-refractivity contribution in [2.75, 3.05) is 20.1 Å². The molecular weight excluding hydrogens is 622 g/mol. The molecule has 0 unspecified atom stereocenters. The van der Waals surface area contributed by atoms with Gasteiger partial charge in [-0.15, -0.1) is 0 Å². The zero-order valence-electron chi connectivity index (χ0n) is 30.0. The first-order chi connectivity index (χ1) is 22.9. The lowest BCUT2D eigenvalue weighted by Gasteiger charge is -2.36. The van der Waals surface area contributed by atoms with Crippen LogP contribution in [0.15, 0.2) is 35.3 Å². The summed E-state index contributed by atoms with van der Waals surface area (Å²) in [7, 11) is 2.01. The molecule has 5 rings (SSSR count). The third kappa shape index (κ3) is 10.4. The van der Waals surface area contributed by atoms with Gasteiger partial charge in [0.1, 0.15) is 5.71 Å². The Kier molecular flexibility index (Phi) is 12.0. The van der Waals surface area contributed by atoms with Crippen molar-refractivity contribution in [3.8, 4) is 0 Å². The van der Waals surface area contributed by atoms with Gasteiger partial charge in [0.15, 0.2) is 0 Å². The van der Waals surface area contributed by atoms with Gasteiger partial charge < -0.3 is 30.5 Å². The number of carbonyl (C=O) groups excluding carboxylic acids is 3. The van der Waals surface area contributed by atoms with Gasteiger partial charge in [-0.25, -0.2) is 4.99 Å². The van der Waals surface area contributed by atoms with E-state index >= 15 is 0 Å². The molecular formula is C38H52N5O6-. The van der Waals surface area contributed by atoms with E-state index in [0.717, 1.165) is 55.0 Å². The fourth-order valence-corrected chi connectivity index (χ4v) is 6.28. The van der Waals surface area contributed by atoms with Gasteiger partial charge in [0.05, 0.1) is 23.5 Å². The van der Waals surface area contributed by atoms with Crippen LogP contribution in [0.5, 0.6) is 0 Å². The number of likely N-dealkylation sites (tertiary alicyclic amines) is 1. The van der Waals surface area contributed by atoms with E-state index in [0.29, 0.717) is 42.9 Å². The standard InChI is InChI=1S/C33H43N5O4.C5H10O2/c1-33(2,3)23-12-13-26-22(15-23)16-27-28(35-26)17-29(36-27)32(42)37-25(10-5-6-11-30(39)40)20-8-7-9-21(14-20)31(41)34-24-18-38(4)19-24;1-5(2,3)4(6)7/h7-9,14,16,23-25H,5-6,10-13,15,17-19H2,1-4H3,(H,34,41)(H,37,42)(H,39,40);1-3H3,(H,6,7)/p-1/t23-,25+;/m0./s1. The summed E-state index contributed by atoms with van der Waals surface area (Å²) < 4.78 is 0. The Morgan fingerprint density at radius 2 is 1.71 bits per heavy atom. The molecule has 2 amide bonds. The average Bonchev–Trinajstić information content (AvgIpc) is 3.42. The van der Waals surface area contributed by atoms with E-state index in [1.54, 1.807) is 26.8 Å². The molecule has 0 saturated carbocycles. The smallest absolute Gasteiger partial charge is 0.303 e. The van der Waals surface area contributed by atoms with E-state index in [1.807, 2.05) is 25.2 Å². The van der Waals surface area contributed by atoms with Gasteiger partial charge in [-0.2, -0.15) is 0 Å². The fraction of sp³-hybridized carbons (Fsp3) is 0.579. The number of hydrogen-bond acceptors (Lipinski definition) is 8. The maximum absolute atomic E-state index is 13.5. The molecule has 1 aliphatic carbocycles. The Hall–Kier alpha value is -4.12. The number of aliphatic carboxylic acids is 2.